The summed E-state index contributed by atoms with van der Waals surface area (Å²) in [7, 11) is 1.68. The number of benzene rings is 1. The molecule has 0 spiro atoms. The molecule has 2 aliphatic heterocycles. The lowest BCUT2D eigenvalue weighted by Gasteiger charge is -2.35. The van der Waals surface area contributed by atoms with Gasteiger partial charge < -0.3 is 19.9 Å². The van der Waals surface area contributed by atoms with Gasteiger partial charge in [-0.25, -0.2) is 4.79 Å². The smallest absolute Gasteiger partial charge is 0.317 e. The first kappa shape index (κ1) is 19.5. The van der Waals surface area contributed by atoms with E-state index in [-0.39, 0.29) is 17.9 Å². The fraction of sp³-hybridized carbons (Fsp3) is 0.600. The first-order chi connectivity index (χ1) is 13.1. The highest BCUT2D eigenvalue weighted by molar-refractivity contribution is 5.79. The minimum atomic E-state index is -0.0153. The maximum atomic E-state index is 12.4. The lowest BCUT2D eigenvalue weighted by molar-refractivity contribution is -0.127. The maximum Gasteiger partial charge on any atom is 0.317 e. The predicted octanol–water partition coefficient (Wildman–Crippen LogP) is 1.39. The van der Waals surface area contributed by atoms with Crippen molar-refractivity contribution in [1.82, 2.24) is 20.0 Å². The average Bonchev–Trinajstić information content (AvgIpc) is 3.06. The average molecular weight is 374 g/mol. The number of hydrogen-bond donors (Lipinski definition) is 1. The Bertz CT molecular complexity index is 658. The largest absolute Gasteiger partial charge is 0.497 e. The molecule has 148 valence electrons. The number of methoxy groups -OCH3 is 1. The minimum absolute atomic E-state index is 0.0153. The molecule has 0 bridgehead atoms. The minimum Gasteiger partial charge on any atom is -0.497 e. The van der Waals surface area contributed by atoms with Gasteiger partial charge in [0.05, 0.1) is 7.11 Å². The van der Waals surface area contributed by atoms with E-state index in [4.69, 9.17) is 4.74 Å². The third kappa shape index (κ3) is 5.13. The van der Waals surface area contributed by atoms with E-state index in [9.17, 15) is 9.59 Å². The molecule has 7 heteroatoms. The van der Waals surface area contributed by atoms with Crippen LogP contribution in [0.15, 0.2) is 24.3 Å². The molecule has 0 unspecified atom stereocenters. The van der Waals surface area contributed by atoms with Crippen molar-refractivity contribution in [3.8, 4) is 5.75 Å². The van der Waals surface area contributed by atoms with Crippen molar-refractivity contribution in [3.05, 3.63) is 29.8 Å². The van der Waals surface area contributed by atoms with E-state index in [0.29, 0.717) is 13.0 Å². The molecule has 2 saturated heterocycles. The number of hydrogen-bond acceptors (Lipinski definition) is 4. The Morgan fingerprint density at radius 1 is 1.26 bits per heavy atom. The Hall–Kier alpha value is -2.28. The second kappa shape index (κ2) is 9.08. The zero-order valence-electron chi connectivity index (χ0n) is 16.3. The van der Waals surface area contributed by atoms with Gasteiger partial charge in [-0.3, -0.25) is 9.69 Å². The van der Waals surface area contributed by atoms with Gasteiger partial charge in [-0.2, -0.15) is 0 Å². The highest BCUT2D eigenvalue weighted by atomic mass is 16.5. The van der Waals surface area contributed by atoms with Gasteiger partial charge >= 0.3 is 6.03 Å². The van der Waals surface area contributed by atoms with Crippen LogP contribution in [0.2, 0.25) is 0 Å². The zero-order valence-corrected chi connectivity index (χ0v) is 16.3. The molecule has 27 heavy (non-hydrogen) atoms. The van der Waals surface area contributed by atoms with Crippen LogP contribution >= 0.6 is 0 Å². The number of ether oxygens (including phenoxy) is 1. The van der Waals surface area contributed by atoms with Crippen LogP contribution in [0, 0.1) is 5.92 Å². The monoisotopic (exact) mass is 374 g/mol. The van der Waals surface area contributed by atoms with Crippen molar-refractivity contribution in [2.75, 3.05) is 52.9 Å². The van der Waals surface area contributed by atoms with E-state index in [2.05, 4.69) is 22.3 Å². The Labute approximate surface area is 161 Å². The summed E-state index contributed by atoms with van der Waals surface area (Å²) in [5, 5.41) is 3.01. The van der Waals surface area contributed by atoms with Crippen LogP contribution in [-0.4, -0.2) is 79.6 Å². The third-order valence-electron chi connectivity index (χ3n) is 5.42. The van der Waals surface area contributed by atoms with Gasteiger partial charge in [0.15, 0.2) is 0 Å². The standard InChI is InChI=1S/C20H30N4O3/c1-3-23-15-17(12-19(23)25)13-21-20(26)24-9-7-22(8-10-24)14-16-5-4-6-18(11-16)27-2/h4-6,11,17H,3,7-10,12-15H2,1-2H3,(H,21,26)/t17-/m1/s1. The first-order valence-electron chi connectivity index (χ1n) is 9.75. The number of nitrogens with zero attached hydrogens (tertiary/aromatic N) is 3. The summed E-state index contributed by atoms with van der Waals surface area (Å²) in [6.07, 6.45) is 0.544. The molecule has 3 rings (SSSR count). The molecule has 0 radical (unpaired) electrons. The second-order valence-corrected chi connectivity index (χ2v) is 7.30. The van der Waals surface area contributed by atoms with Crippen LogP contribution in [0.3, 0.4) is 0 Å². The quantitative estimate of drug-likeness (QED) is 0.817. The molecule has 3 amide bonds. The Morgan fingerprint density at radius 3 is 2.70 bits per heavy atom. The Kier molecular flexibility index (Phi) is 6.55. The van der Waals surface area contributed by atoms with E-state index in [1.165, 1.54) is 5.56 Å². The van der Waals surface area contributed by atoms with Crippen molar-refractivity contribution < 1.29 is 14.3 Å². The second-order valence-electron chi connectivity index (χ2n) is 7.30. The molecule has 2 aliphatic rings. The van der Waals surface area contributed by atoms with Crippen molar-refractivity contribution in [1.29, 1.82) is 0 Å². The fourth-order valence-corrected chi connectivity index (χ4v) is 3.78. The molecular weight excluding hydrogens is 344 g/mol. The maximum absolute atomic E-state index is 12.4. The Balaban J connectivity index is 1.39. The van der Waals surface area contributed by atoms with Gasteiger partial charge in [0.2, 0.25) is 5.91 Å². The zero-order chi connectivity index (χ0) is 19.2. The summed E-state index contributed by atoms with van der Waals surface area (Å²) in [6.45, 7) is 8.09. The summed E-state index contributed by atoms with van der Waals surface area (Å²) in [5.41, 5.74) is 1.22. The molecule has 7 nitrogen and oxygen atoms in total. The molecule has 2 fully saturated rings. The van der Waals surface area contributed by atoms with E-state index < -0.39 is 0 Å². The molecular formula is C20H30N4O3. The van der Waals surface area contributed by atoms with Crippen LogP contribution in [0.1, 0.15) is 18.9 Å². The molecule has 0 aromatic heterocycles. The Morgan fingerprint density at radius 2 is 2.04 bits per heavy atom. The summed E-state index contributed by atoms with van der Waals surface area (Å²) in [5.74, 6) is 1.30. The van der Waals surface area contributed by atoms with Crippen molar-refractivity contribution in [2.24, 2.45) is 5.92 Å². The lowest BCUT2D eigenvalue weighted by atomic mass is 10.1. The van der Waals surface area contributed by atoms with Gasteiger partial charge in [0, 0.05) is 64.7 Å². The summed E-state index contributed by atoms with van der Waals surface area (Å²) in [6, 6.07) is 8.10. The first-order valence-corrected chi connectivity index (χ1v) is 9.75. The van der Waals surface area contributed by atoms with E-state index >= 15 is 0 Å². The van der Waals surface area contributed by atoms with Crippen LogP contribution < -0.4 is 10.1 Å². The highest BCUT2D eigenvalue weighted by Gasteiger charge is 2.29. The predicted molar refractivity (Wildman–Crippen MR) is 104 cm³/mol. The molecule has 1 N–H and O–H groups in total. The number of amides is 3. The number of urea groups is 1. The van der Waals surface area contributed by atoms with Crippen LogP contribution in [0.25, 0.3) is 0 Å². The third-order valence-corrected chi connectivity index (χ3v) is 5.42. The van der Waals surface area contributed by atoms with Crippen molar-refractivity contribution in [3.63, 3.8) is 0 Å². The van der Waals surface area contributed by atoms with Gasteiger partial charge in [-0.1, -0.05) is 12.1 Å². The molecule has 1 aromatic rings. The number of likely N-dealkylation sites (tertiary alicyclic amines) is 1. The number of nitrogens with one attached hydrogen (secondary N) is 1. The van der Waals surface area contributed by atoms with Crippen molar-refractivity contribution in [2.45, 2.75) is 19.9 Å². The normalized spacial score (nSPS) is 20.8. The SMILES string of the molecule is CCN1C[C@@H](CNC(=O)N2CCN(Cc3cccc(OC)c3)CC2)CC1=O. The van der Waals surface area contributed by atoms with E-state index in [1.54, 1.807) is 7.11 Å². The number of rotatable bonds is 6. The molecule has 0 saturated carbocycles. The molecule has 1 atom stereocenters. The van der Waals surface area contributed by atoms with Crippen molar-refractivity contribution >= 4 is 11.9 Å². The van der Waals surface area contributed by atoms with E-state index in [0.717, 1.165) is 51.6 Å². The molecule has 2 heterocycles. The van der Waals surface area contributed by atoms with Gasteiger partial charge in [0.1, 0.15) is 5.75 Å². The summed E-state index contributed by atoms with van der Waals surface area (Å²) < 4.78 is 5.28. The highest BCUT2D eigenvalue weighted by Crippen LogP contribution is 2.17. The van der Waals surface area contributed by atoms with Gasteiger partial charge in [0.25, 0.3) is 0 Å². The van der Waals surface area contributed by atoms with Crippen LogP contribution in [-0.2, 0) is 11.3 Å². The summed E-state index contributed by atoms with van der Waals surface area (Å²) >= 11 is 0. The summed E-state index contributed by atoms with van der Waals surface area (Å²) in [4.78, 5) is 30.3. The molecule has 1 aromatic carbocycles. The van der Waals surface area contributed by atoms with Crippen LogP contribution in [0.4, 0.5) is 4.79 Å². The topological polar surface area (TPSA) is 65.1 Å². The molecule has 0 aliphatic carbocycles. The van der Waals surface area contributed by atoms with Gasteiger partial charge in [-0.05, 0) is 24.6 Å². The number of piperazine rings is 1. The van der Waals surface area contributed by atoms with E-state index in [1.807, 2.05) is 28.9 Å². The lowest BCUT2D eigenvalue weighted by Crippen LogP contribution is -2.52. The van der Waals surface area contributed by atoms with Crippen LogP contribution in [0.5, 0.6) is 5.75 Å². The van der Waals surface area contributed by atoms with Gasteiger partial charge in [-0.15, -0.1) is 0 Å². The number of carbonyl (C=O) groups is 2. The fourth-order valence-electron chi connectivity index (χ4n) is 3.78. The number of carbonyl (C=O) groups excluding carboxylic acids is 2.